The van der Waals surface area contributed by atoms with Gasteiger partial charge in [0, 0.05) is 0 Å². The highest BCUT2D eigenvalue weighted by Crippen LogP contribution is 2.00. The fraction of sp³-hybridized carbons (Fsp3) is 0.857. The van der Waals surface area contributed by atoms with Crippen LogP contribution in [-0.2, 0) is 9.53 Å². The first-order chi connectivity index (χ1) is 6.22. The van der Waals surface area contributed by atoms with E-state index in [9.17, 15) is 4.79 Å². The molecule has 0 saturated carbocycles. The van der Waals surface area contributed by atoms with Crippen molar-refractivity contribution in [1.82, 2.24) is 0 Å². The Balaban J connectivity index is 3.36. The summed E-state index contributed by atoms with van der Waals surface area (Å²) in [6, 6.07) is -0.528. The van der Waals surface area contributed by atoms with E-state index in [-0.39, 0.29) is 5.97 Å². The Morgan fingerprint density at radius 3 is 2.77 bits per heavy atom. The third-order valence-corrected chi connectivity index (χ3v) is 1.61. The zero-order valence-electron chi connectivity index (χ0n) is 7.77. The van der Waals surface area contributed by atoms with Crippen LogP contribution >= 0.6 is 0 Å². The molecule has 0 amide bonds. The van der Waals surface area contributed by atoms with Gasteiger partial charge in [-0.3, -0.25) is 4.79 Å². The molecule has 0 spiro atoms. The van der Waals surface area contributed by atoms with Crippen LogP contribution in [0.25, 0.3) is 0 Å². The lowest BCUT2D eigenvalue weighted by molar-refractivity contribution is -0.142. The number of hydrogen-bond acceptors (Lipinski definition) is 5. The molecule has 0 bridgehead atoms. The molecule has 0 fully saturated rings. The molecule has 6 heteroatoms. The minimum Gasteiger partial charge on any atom is -0.468 e. The van der Waals surface area contributed by atoms with Crippen LogP contribution in [0.4, 0.5) is 0 Å². The fourth-order valence-electron chi connectivity index (χ4n) is 0.874. The Hall–Kier alpha value is -1.17. The summed E-state index contributed by atoms with van der Waals surface area (Å²) in [7, 11) is 1.32. The number of carbonyl (C=O) groups is 1. The molecule has 0 aromatic rings. The number of nitrogens with two attached hydrogens (primary N) is 2. The second kappa shape index (κ2) is 7.48. The Bertz CT molecular complexity index is 172. The molecular formula is C7H16N4O2. The van der Waals surface area contributed by atoms with Gasteiger partial charge in [-0.2, -0.15) is 5.11 Å². The lowest BCUT2D eigenvalue weighted by Gasteiger charge is -2.07. The fourth-order valence-corrected chi connectivity index (χ4v) is 0.874. The van der Waals surface area contributed by atoms with E-state index >= 15 is 0 Å². The third-order valence-electron chi connectivity index (χ3n) is 1.61. The van der Waals surface area contributed by atoms with Crippen LogP contribution in [0.5, 0.6) is 0 Å². The van der Waals surface area contributed by atoms with Gasteiger partial charge in [0.15, 0.2) is 0 Å². The van der Waals surface area contributed by atoms with Gasteiger partial charge in [-0.15, -0.1) is 0 Å². The monoisotopic (exact) mass is 188 g/mol. The number of carbonyl (C=O) groups excluding carboxylic acids is 1. The normalized spacial score (nSPS) is 13.1. The molecule has 4 N–H and O–H groups in total. The number of hydrogen-bond donors (Lipinski definition) is 2. The Morgan fingerprint density at radius 2 is 2.23 bits per heavy atom. The van der Waals surface area contributed by atoms with Crippen LogP contribution in [0.1, 0.15) is 19.3 Å². The molecule has 13 heavy (non-hydrogen) atoms. The number of rotatable bonds is 6. The van der Waals surface area contributed by atoms with E-state index in [1.54, 1.807) is 0 Å². The van der Waals surface area contributed by atoms with E-state index in [0.29, 0.717) is 13.0 Å². The standard InChI is InChI=1S/C7H16N4O2/c1-13-7(12)6(8)4-2-3-5-10-11-9/h6H,2-5,8H2,1H3,(H2,9,10)/t6-/m0/s1. The van der Waals surface area contributed by atoms with E-state index in [0.717, 1.165) is 12.8 Å². The number of unbranched alkanes of at least 4 members (excludes halogenated alkanes) is 1. The van der Waals surface area contributed by atoms with Crippen LogP contribution in [0, 0.1) is 0 Å². The highest BCUT2D eigenvalue weighted by atomic mass is 16.5. The highest BCUT2D eigenvalue weighted by Gasteiger charge is 2.11. The first-order valence-electron chi connectivity index (χ1n) is 4.12. The molecule has 0 aromatic carbocycles. The Kier molecular flexibility index (Phi) is 6.80. The second-order valence-electron chi connectivity index (χ2n) is 2.61. The summed E-state index contributed by atoms with van der Waals surface area (Å²) in [6.07, 6.45) is 2.24. The van der Waals surface area contributed by atoms with Crippen molar-refractivity contribution in [1.29, 1.82) is 0 Å². The maximum atomic E-state index is 10.8. The Labute approximate surface area is 77.3 Å². The van der Waals surface area contributed by atoms with Crippen LogP contribution in [0.3, 0.4) is 0 Å². The van der Waals surface area contributed by atoms with Crippen molar-refractivity contribution in [3.05, 3.63) is 0 Å². The van der Waals surface area contributed by atoms with Crippen LogP contribution in [0.2, 0.25) is 0 Å². The molecule has 1 atom stereocenters. The number of ether oxygens (including phenoxy) is 1. The smallest absolute Gasteiger partial charge is 0.322 e. The molecule has 0 aliphatic carbocycles. The average molecular weight is 188 g/mol. The largest absolute Gasteiger partial charge is 0.468 e. The van der Waals surface area contributed by atoms with Gasteiger partial charge < -0.3 is 16.3 Å². The molecular weight excluding hydrogens is 172 g/mol. The van der Waals surface area contributed by atoms with Crippen molar-refractivity contribution in [2.24, 2.45) is 21.9 Å². The van der Waals surface area contributed by atoms with E-state index in [2.05, 4.69) is 15.1 Å². The molecule has 0 aromatic heterocycles. The first-order valence-corrected chi connectivity index (χ1v) is 4.12. The lowest BCUT2D eigenvalue weighted by Crippen LogP contribution is -2.31. The van der Waals surface area contributed by atoms with Gasteiger partial charge in [0.05, 0.1) is 13.7 Å². The Morgan fingerprint density at radius 1 is 1.54 bits per heavy atom. The number of esters is 1. The minimum absolute atomic E-state index is 0.375. The molecule has 0 unspecified atom stereocenters. The van der Waals surface area contributed by atoms with Crippen LogP contribution in [0.15, 0.2) is 10.3 Å². The summed E-state index contributed by atoms with van der Waals surface area (Å²) in [5, 5.41) is 6.69. The molecule has 0 heterocycles. The van der Waals surface area contributed by atoms with Gasteiger partial charge in [0.25, 0.3) is 0 Å². The van der Waals surface area contributed by atoms with Crippen molar-refractivity contribution in [2.45, 2.75) is 25.3 Å². The predicted molar refractivity (Wildman–Crippen MR) is 47.8 cm³/mol. The first kappa shape index (κ1) is 11.8. The molecule has 0 aliphatic heterocycles. The summed E-state index contributed by atoms with van der Waals surface area (Å²) >= 11 is 0. The lowest BCUT2D eigenvalue weighted by atomic mass is 10.1. The topological polar surface area (TPSA) is 103 Å². The van der Waals surface area contributed by atoms with Gasteiger partial charge in [0.1, 0.15) is 6.04 Å². The van der Waals surface area contributed by atoms with Crippen molar-refractivity contribution >= 4 is 5.97 Å². The zero-order chi connectivity index (χ0) is 10.1. The van der Waals surface area contributed by atoms with E-state index < -0.39 is 6.04 Å². The maximum Gasteiger partial charge on any atom is 0.322 e. The quantitative estimate of drug-likeness (QED) is 0.201. The molecule has 0 rings (SSSR count). The van der Waals surface area contributed by atoms with Crippen molar-refractivity contribution in [2.75, 3.05) is 13.7 Å². The second-order valence-corrected chi connectivity index (χ2v) is 2.61. The third kappa shape index (κ3) is 6.03. The maximum absolute atomic E-state index is 10.8. The van der Waals surface area contributed by atoms with Gasteiger partial charge >= 0.3 is 5.97 Å². The minimum atomic E-state index is -0.528. The van der Waals surface area contributed by atoms with E-state index in [1.165, 1.54) is 7.11 Å². The SMILES string of the molecule is COC(=O)[C@@H](N)CCCCN=NN. The zero-order valence-corrected chi connectivity index (χ0v) is 7.77. The predicted octanol–water partition coefficient (Wildman–Crippen LogP) is -0.0171. The van der Waals surface area contributed by atoms with Gasteiger partial charge in [-0.25, -0.2) is 0 Å². The average Bonchev–Trinajstić information content (AvgIpc) is 2.16. The molecule has 0 aliphatic rings. The van der Waals surface area contributed by atoms with Crippen molar-refractivity contribution in [3.8, 4) is 0 Å². The molecule has 0 radical (unpaired) electrons. The van der Waals surface area contributed by atoms with E-state index in [1.807, 2.05) is 0 Å². The summed E-state index contributed by atoms with van der Waals surface area (Å²) in [5.74, 6) is 4.43. The van der Waals surface area contributed by atoms with Crippen LogP contribution < -0.4 is 11.6 Å². The van der Waals surface area contributed by atoms with Crippen molar-refractivity contribution < 1.29 is 9.53 Å². The summed E-state index contributed by atoms with van der Waals surface area (Å²) in [5.41, 5.74) is 5.49. The summed E-state index contributed by atoms with van der Waals surface area (Å²) in [4.78, 5) is 10.8. The van der Waals surface area contributed by atoms with Crippen molar-refractivity contribution in [3.63, 3.8) is 0 Å². The number of nitrogens with zero attached hydrogens (tertiary/aromatic N) is 2. The highest BCUT2D eigenvalue weighted by molar-refractivity contribution is 5.75. The summed E-state index contributed by atoms with van der Waals surface area (Å²) in [6.45, 7) is 0.574. The van der Waals surface area contributed by atoms with Crippen LogP contribution in [-0.4, -0.2) is 25.7 Å². The van der Waals surface area contributed by atoms with Gasteiger partial charge in [-0.1, -0.05) is 5.22 Å². The van der Waals surface area contributed by atoms with Gasteiger partial charge in [0.2, 0.25) is 0 Å². The molecule has 6 nitrogen and oxygen atoms in total. The molecule has 76 valence electrons. The molecule has 0 saturated heterocycles. The van der Waals surface area contributed by atoms with Gasteiger partial charge in [-0.05, 0) is 19.3 Å². The summed E-state index contributed by atoms with van der Waals surface area (Å²) < 4.78 is 4.46. The number of methoxy groups -OCH3 is 1. The van der Waals surface area contributed by atoms with E-state index in [4.69, 9.17) is 11.6 Å².